The first-order chi connectivity index (χ1) is 10.2. The molecular weight excluding hydrogens is 272 g/mol. The van der Waals surface area contributed by atoms with Crippen molar-refractivity contribution >= 4 is 11.8 Å². The molecule has 21 heavy (non-hydrogen) atoms. The van der Waals surface area contributed by atoms with Gasteiger partial charge >= 0.3 is 0 Å². The Hall–Kier alpha value is -2.54. The molecule has 1 aromatic carbocycles. The predicted molar refractivity (Wildman–Crippen MR) is 72.8 cm³/mol. The largest absolute Gasteiger partial charge is 0.392 e. The van der Waals surface area contributed by atoms with Crippen molar-refractivity contribution in [2.75, 3.05) is 0 Å². The molecule has 7 heteroatoms. The van der Waals surface area contributed by atoms with Crippen LogP contribution in [0, 0.1) is 0 Å². The molecule has 1 aliphatic rings. The number of carbonyl (C=O) groups excluding carboxylic acids is 2. The molecule has 1 aliphatic heterocycles. The molecule has 2 aromatic rings. The number of rotatable bonds is 3. The van der Waals surface area contributed by atoms with Gasteiger partial charge in [0.25, 0.3) is 5.91 Å². The Balaban J connectivity index is 1.82. The SMILES string of the molecule is O=C1CCC(n2cc(-c3ccc(CO)cc3)nn2)C(=O)N1. The average molecular weight is 286 g/mol. The fourth-order valence-corrected chi connectivity index (χ4v) is 2.28. The zero-order chi connectivity index (χ0) is 14.8. The lowest BCUT2D eigenvalue weighted by atomic mass is 10.1. The van der Waals surface area contributed by atoms with Crippen molar-refractivity contribution in [2.24, 2.45) is 0 Å². The third-order valence-corrected chi connectivity index (χ3v) is 3.47. The molecule has 2 N–H and O–H groups in total. The number of imide groups is 1. The molecule has 1 aromatic heterocycles. The summed E-state index contributed by atoms with van der Waals surface area (Å²) in [5.41, 5.74) is 2.31. The maximum absolute atomic E-state index is 11.8. The minimum Gasteiger partial charge on any atom is -0.392 e. The number of aliphatic hydroxyl groups excluding tert-OH is 1. The lowest BCUT2D eigenvalue weighted by Crippen LogP contribution is -2.41. The van der Waals surface area contributed by atoms with E-state index in [1.165, 1.54) is 4.68 Å². The molecule has 3 rings (SSSR count). The summed E-state index contributed by atoms with van der Waals surface area (Å²) in [6, 6.07) is 6.79. The molecule has 0 spiro atoms. The standard InChI is InChI=1S/C14H14N4O3/c19-8-9-1-3-10(4-2-9)11-7-18(17-16-11)12-5-6-13(20)15-14(12)21/h1-4,7,12,19H,5-6,8H2,(H,15,20,21). The Bertz CT molecular complexity index is 678. The fraction of sp³-hybridized carbons (Fsp3) is 0.286. The summed E-state index contributed by atoms with van der Waals surface area (Å²) in [4.78, 5) is 22.9. The number of benzene rings is 1. The first-order valence-corrected chi connectivity index (χ1v) is 6.63. The molecule has 0 bridgehead atoms. The molecule has 1 atom stereocenters. The van der Waals surface area contributed by atoms with E-state index in [1.54, 1.807) is 18.3 Å². The minimum absolute atomic E-state index is 0.0107. The van der Waals surface area contributed by atoms with Crippen molar-refractivity contribution in [3.05, 3.63) is 36.0 Å². The highest BCUT2D eigenvalue weighted by Gasteiger charge is 2.29. The summed E-state index contributed by atoms with van der Waals surface area (Å²) < 4.78 is 1.48. The third kappa shape index (κ3) is 2.68. The predicted octanol–water partition coefficient (Wildman–Crippen LogP) is 0.415. The van der Waals surface area contributed by atoms with Crippen molar-refractivity contribution < 1.29 is 14.7 Å². The summed E-state index contributed by atoms with van der Waals surface area (Å²) in [5.74, 6) is -0.602. The van der Waals surface area contributed by atoms with Crippen molar-refractivity contribution in [2.45, 2.75) is 25.5 Å². The Labute approximate surface area is 120 Å². The zero-order valence-corrected chi connectivity index (χ0v) is 11.2. The van der Waals surface area contributed by atoms with Gasteiger partial charge in [0.05, 0.1) is 12.8 Å². The highest BCUT2D eigenvalue weighted by atomic mass is 16.3. The van der Waals surface area contributed by atoms with Crippen LogP contribution < -0.4 is 5.32 Å². The summed E-state index contributed by atoms with van der Waals surface area (Å²) in [5, 5.41) is 19.4. The van der Waals surface area contributed by atoms with Crippen LogP contribution in [0.2, 0.25) is 0 Å². The topological polar surface area (TPSA) is 97.1 Å². The molecular formula is C14H14N4O3. The number of amides is 2. The molecule has 0 aliphatic carbocycles. The molecule has 2 amide bonds. The second-order valence-corrected chi connectivity index (χ2v) is 4.91. The van der Waals surface area contributed by atoms with Crippen molar-refractivity contribution in [3.63, 3.8) is 0 Å². The minimum atomic E-state index is -0.499. The van der Waals surface area contributed by atoms with Crippen LogP contribution in [-0.2, 0) is 16.2 Å². The first-order valence-electron chi connectivity index (χ1n) is 6.63. The number of nitrogens with zero attached hydrogens (tertiary/aromatic N) is 3. The average Bonchev–Trinajstić information content (AvgIpc) is 2.97. The normalized spacial score (nSPS) is 18.6. The Kier molecular flexibility index (Phi) is 3.49. The van der Waals surface area contributed by atoms with Crippen molar-refractivity contribution in [3.8, 4) is 11.3 Å². The Morgan fingerprint density at radius 2 is 2.05 bits per heavy atom. The second kappa shape index (κ2) is 5.45. The van der Waals surface area contributed by atoms with Gasteiger partial charge < -0.3 is 5.11 Å². The third-order valence-electron chi connectivity index (χ3n) is 3.47. The van der Waals surface area contributed by atoms with Crippen molar-refractivity contribution in [1.82, 2.24) is 20.3 Å². The highest BCUT2D eigenvalue weighted by molar-refractivity contribution is 5.99. The van der Waals surface area contributed by atoms with Gasteiger partial charge in [-0.15, -0.1) is 5.10 Å². The van der Waals surface area contributed by atoms with Crippen molar-refractivity contribution in [1.29, 1.82) is 0 Å². The van der Waals surface area contributed by atoms with Gasteiger partial charge in [-0.25, -0.2) is 4.68 Å². The number of aliphatic hydroxyl groups is 1. The van der Waals surface area contributed by atoms with Crippen LogP contribution in [0.25, 0.3) is 11.3 Å². The van der Waals surface area contributed by atoms with E-state index < -0.39 is 6.04 Å². The molecule has 0 radical (unpaired) electrons. The summed E-state index contributed by atoms with van der Waals surface area (Å²) in [6.07, 6.45) is 2.42. The van der Waals surface area contributed by atoms with Gasteiger partial charge in [0, 0.05) is 12.0 Å². The second-order valence-electron chi connectivity index (χ2n) is 4.91. The number of carbonyl (C=O) groups is 2. The Morgan fingerprint density at radius 1 is 1.29 bits per heavy atom. The molecule has 0 saturated carbocycles. The zero-order valence-electron chi connectivity index (χ0n) is 11.2. The van der Waals surface area contributed by atoms with Gasteiger partial charge in [0.1, 0.15) is 11.7 Å². The van der Waals surface area contributed by atoms with E-state index in [2.05, 4.69) is 15.6 Å². The monoisotopic (exact) mass is 286 g/mol. The molecule has 1 saturated heterocycles. The van der Waals surface area contributed by atoms with E-state index >= 15 is 0 Å². The number of nitrogens with one attached hydrogen (secondary N) is 1. The van der Waals surface area contributed by atoms with E-state index in [0.29, 0.717) is 18.5 Å². The van der Waals surface area contributed by atoms with Crippen LogP contribution in [-0.4, -0.2) is 31.9 Å². The quantitative estimate of drug-likeness (QED) is 0.797. The van der Waals surface area contributed by atoms with Gasteiger partial charge in [-0.1, -0.05) is 29.5 Å². The van der Waals surface area contributed by atoms with Gasteiger partial charge in [-0.2, -0.15) is 0 Å². The first kappa shape index (κ1) is 13.4. The van der Waals surface area contributed by atoms with E-state index in [0.717, 1.165) is 11.1 Å². The highest BCUT2D eigenvalue weighted by Crippen LogP contribution is 2.21. The van der Waals surface area contributed by atoms with Gasteiger partial charge in [-0.3, -0.25) is 14.9 Å². The van der Waals surface area contributed by atoms with Gasteiger partial charge in [0.2, 0.25) is 5.91 Å². The lowest BCUT2D eigenvalue weighted by Gasteiger charge is -2.20. The fourth-order valence-electron chi connectivity index (χ4n) is 2.28. The van der Waals surface area contributed by atoms with Gasteiger partial charge in [0.15, 0.2) is 0 Å². The van der Waals surface area contributed by atoms with Crippen LogP contribution in [0.5, 0.6) is 0 Å². The maximum atomic E-state index is 11.8. The molecule has 108 valence electrons. The number of hydrogen-bond donors (Lipinski definition) is 2. The van der Waals surface area contributed by atoms with Crippen LogP contribution >= 0.6 is 0 Å². The molecule has 1 unspecified atom stereocenters. The van der Waals surface area contributed by atoms with E-state index in [-0.39, 0.29) is 18.4 Å². The van der Waals surface area contributed by atoms with E-state index in [1.807, 2.05) is 12.1 Å². The van der Waals surface area contributed by atoms with E-state index in [4.69, 9.17) is 5.11 Å². The Morgan fingerprint density at radius 3 is 2.71 bits per heavy atom. The summed E-state index contributed by atoms with van der Waals surface area (Å²) in [7, 11) is 0. The number of piperidine rings is 1. The lowest BCUT2D eigenvalue weighted by molar-refractivity contribution is -0.136. The summed E-state index contributed by atoms with van der Waals surface area (Å²) in [6.45, 7) is -0.0107. The van der Waals surface area contributed by atoms with E-state index in [9.17, 15) is 9.59 Å². The molecule has 1 fully saturated rings. The smallest absolute Gasteiger partial charge is 0.251 e. The molecule has 2 heterocycles. The van der Waals surface area contributed by atoms with Crippen LogP contribution in [0.1, 0.15) is 24.4 Å². The van der Waals surface area contributed by atoms with Gasteiger partial charge in [-0.05, 0) is 12.0 Å². The van der Waals surface area contributed by atoms with Crippen LogP contribution in [0.4, 0.5) is 0 Å². The number of hydrogen-bond acceptors (Lipinski definition) is 5. The molecule has 7 nitrogen and oxygen atoms in total. The number of aromatic nitrogens is 3. The van der Waals surface area contributed by atoms with Crippen LogP contribution in [0.15, 0.2) is 30.5 Å². The summed E-state index contributed by atoms with van der Waals surface area (Å²) >= 11 is 0. The van der Waals surface area contributed by atoms with Crippen LogP contribution in [0.3, 0.4) is 0 Å². The maximum Gasteiger partial charge on any atom is 0.251 e.